The number of nitrogens with one attached hydrogen (secondary N) is 1. The molecule has 98 valence electrons. The predicted octanol–water partition coefficient (Wildman–Crippen LogP) is 1.16. The van der Waals surface area contributed by atoms with Crippen LogP contribution >= 0.6 is 0 Å². The van der Waals surface area contributed by atoms with Gasteiger partial charge in [-0.15, -0.1) is 0 Å². The first kappa shape index (κ1) is 13.1. The van der Waals surface area contributed by atoms with Gasteiger partial charge in [-0.2, -0.15) is 0 Å². The lowest BCUT2D eigenvalue weighted by Crippen LogP contribution is -2.56. The summed E-state index contributed by atoms with van der Waals surface area (Å²) in [5, 5.41) is 3.01. The maximum absolute atomic E-state index is 12.3. The summed E-state index contributed by atoms with van der Waals surface area (Å²) >= 11 is 0. The monoisotopic (exact) mass is 248 g/mol. The quantitative estimate of drug-likeness (QED) is 0.843. The highest BCUT2D eigenvalue weighted by atomic mass is 16.5. The van der Waals surface area contributed by atoms with Gasteiger partial charge in [-0.3, -0.25) is 4.79 Å². The van der Waals surface area contributed by atoms with Crippen molar-refractivity contribution in [2.75, 3.05) is 13.2 Å². The lowest BCUT2D eigenvalue weighted by atomic mass is 9.90. The maximum atomic E-state index is 12.3. The van der Waals surface area contributed by atoms with Gasteiger partial charge in [0.25, 0.3) is 0 Å². The fraction of sp³-hybridized carbons (Fsp3) is 0.500. The molecule has 4 nitrogen and oxygen atoms in total. The summed E-state index contributed by atoms with van der Waals surface area (Å²) in [4.78, 5) is 12.3. The first-order valence-corrected chi connectivity index (χ1v) is 6.19. The van der Waals surface area contributed by atoms with E-state index in [9.17, 15) is 4.79 Å². The van der Waals surface area contributed by atoms with Gasteiger partial charge in [0.05, 0.1) is 12.1 Å². The van der Waals surface area contributed by atoms with Crippen molar-refractivity contribution in [3.8, 4) is 0 Å². The third-order valence-corrected chi connectivity index (χ3v) is 3.48. The first-order chi connectivity index (χ1) is 8.44. The number of benzene rings is 1. The number of amides is 1. The molecule has 1 aliphatic heterocycles. The molecule has 0 saturated carbocycles. The highest BCUT2D eigenvalue weighted by Gasteiger charge is 2.37. The fourth-order valence-corrected chi connectivity index (χ4v) is 2.09. The van der Waals surface area contributed by atoms with Crippen molar-refractivity contribution >= 4 is 5.91 Å². The van der Waals surface area contributed by atoms with Gasteiger partial charge in [-0.05, 0) is 25.8 Å². The Hall–Kier alpha value is -1.39. The molecular weight excluding hydrogens is 228 g/mol. The molecular formula is C14H20N2O2. The minimum Gasteiger partial charge on any atom is -0.379 e. The van der Waals surface area contributed by atoms with Crippen molar-refractivity contribution in [1.82, 2.24) is 5.32 Å². The van der Waals surface area contributed by atoms with E-state index in [1.807, 2.05) is 37.3 Å². The second-order valence-electron chi connectivity index (χ2n) is 5.39. The van der Waals surface area contributed by atoms with E-state index in [0.29, 0.717) is 13.2 Å². The van der Waals surface area contributed by atoms with Crippen LogP contribution < -0.4 is 11.1 Å². The Morgan fingerprint density at radius 3 is 2.67 bits per heavy atom. The summed E-state index contributed by atoms with van der Waals surface area (Å²) in [6, 6.07) is 9.41. The van der Waals surface area contributed by atoms with Crippen LogP contribution in [0.2, 0.25) is 0 Å². The zero-order valence-electron chi connectivity index (χ0n) is 10.9. The Balaban J connectivity index is 2.13. The lowest BCUT2D eigenvalue weighted by molar-refractivity contribution is -0.128. The largest absolute Gasteiger partial charge is 0.379 e. The average molecular weight is 248 g/mol. The summed E-state index contributed by atoms with van der Waals surface area (Å²) in [7, 11) is 0. The second kappa shape index (κ2) is 4.71. The van der Waals surface area contributed by atoms with Crippen LogP contribution in [0.15, 0.2) is 30.3 Å². The van der Waals surface area contributed by atoms with Crippen LogP contribution in [0.5, 0.6) is 0 Å². The molecule has 1 aromatic carbocycles. The highest BCUT2D eigenvalue weighted by Crippen LogP contribution is 2.22. The predicted molar refractivity (Wildman–Crippen MR) is 70.0 cm³/mol. The molecule has 1 heterocycles. The number of rotatable bonds is 3. The minimum absolute atomic E-state index is 0.165. The molecule has 2 atom stereocenters. The van der Waals surface area contributed by atoms with Gasteiger partial charge >= 0.3 is 0 Å². The van der Waals surface area contributed by atoms with Gasteiger partial charge in [-0.25, -0.2) is 0 Å². The molecule has 0 aromatic heterocycles. The van der Waals surface area contributed by atoms with Crippen LogP contribution in [0, 0.1) is 0 Å². The molecule has 1 fully saturated rings. The summed E-state index contributed by atoms with van der Waals surface area (Å²) < 4.78 is 5.32. The first-order valence-electron chi connectivity index (χ1n) is 6.19. The van der Waals surface area contributed by atoms with Gasteiger partial charge < -0.3 is 15.8 Å². The van der Waals surface area contributed by atoms with Crippen molar-refractivity contribution in [1.29, 1.82) is 0 Å². The van der Waals surface area contributed by atoms with Crippen molar-refractivity contribution in [3.63, 3.8) is 0 Å². The van der Waals surface area contributed by atoms with E-state index < -0.39 is 5.54 Å². The van der Waals surface area contributed by atoms with Crippen LogP contribution in [0.25, 0.3) is 0 Å². The van der Waals surface area contributed by atoms with Crippen LogP contribution in [-0.4, -0.2) is 24.7 Å². The molecule has 3 N–H and O–H groups in total. The smallest absolute Gasteiger partial charge is 0.244 e. The van der Waals surface area contributed by atoms with Gasteiger partial charge in [0.1, 0.15) is 5.54 Å². The van der Waals surface area contributed by atoms with Crippen molar-refractivity contribution in [2.45, 2.75) is 31.3 Å². The van der Waals surface area contributed by atoms with Gasteiger partial charge in [0.2, 0.25) is 5.91 Å². The summed E-state index contributed by atoms with van der Waals surface area (Å²) in [5.74, 6) is -0.165. The fourth-order valence-electron chi connectivity index (χ4n) is 2.09. The average Bonchev–Trinajstić information content (AvgIpc) is 2.77. The van der Waals surface area contributed by atoms with Crippen molar-refractivity contribution in [2.24, 2.45) is 5.73 Å². The van der Waals surface area contributed by atoms with Crippen molar-refractivity contribution < 1.29 is 9.53 Å². The molecule has 2 rings (SSSR count). The number of hydrogen-bond acceptors (Lipinski definition) is 3. The number of nitrogens with two attached hydrogens (primary N) is 1. The molecule has 1 saturated heterocycles. The third-order valence-electron chi connectivity index (χ3n) is 3.48. The Bertz CT molecular complexity index is 423. The van der Waals surface area contributed by atoms with Gasteiger partial charge in [0, 0.05) is 6.61 Å². The molecule has 0 aliphatic carbocycles. The number of hydrogen-bond donors (Lipinski definition) is 2. The Morgan fingerprint density at radius 2 is 2.11 bits per heavy atom. The molecule has 0 spiro atoms. The van der Waals surface area contributed by atoms with E-state index in [1.165, 1.54) is 0 Å². The Kier molecular flexibility index (Phi) is 3.41. The molecule has 2 unspecified atom stereocenters. The molecule has 1 amide bonds. The summed E-state index contributed by atoms with van der Waals surface area (Å²) in [6.45, 7) is 4.95. The minimum atomic E-state index is -1.02. The summed E-state index contributed by atoms with van der Waals surface area (Å²) in [5.41, 5.74) is 5.66. The van der Waals surface area contributed by atoms with E-state index in [0.717, 1.165) is 12.0 Å². The molecule has 0 bridgehead atoms. The zero-order valence-corrected chi connectivity index (χ0v) is 10.9. The van der Waals surface area contributed by atoms with Crippen LogP contribution in [0.4, 0.5) is 0 Å². The van der Waals surface area contributed by atoms with Crippen LogP contribution in [0.3, 0.4) is 0 Å². The zero-order chi connectivity index (χ0) is 13.2. The number of carbonyl (C=O) groups is 1. The molecule has 18 heavy (non-hydrogen) atoms. The van der Waals surface area contributed by atoms with Crippen LogP contribution in [-0.2, 0) is 15.1 Å². The van der Waals surface area contributed by atoms with E-state index >= 15 is 0 Å². The van der Waals surface area contributed by atoms with Crippen molar-refractivity contribution in [3.05, 3.63) is 35.9 Å². The standard InChI is InChI=1S/C14H20N2O2/c1-13(8-9-18-10-13)16-12(17)14(2,15)11-6-4-3-5-7-11/h3-7H,8-10,15H2,1-2H3,(H,16,17). The van der Waals surface area contributed by atoms with E-state index in [1.54, 1.807) is 6.92 Å². The molecule has 4 heteroatoms. The topological polar surface area (TPSA) is 64.4 Å². The molecule has 1 aliphatic rings. The van der Waals surface area contributed by atoms with Crippen LogP contribution in [0.1, 0.15) is 25.8 Å². The van der Waals surface area contributed by atoms with Gasteiger partial charge in [0.15, 0.2) is 0 Å². The maximum Gasteiger partial charge on any atom is 0.244 e. The SMILES string of the molecule is CC1(NC(=O)C(C)(N)c2ccccc2)CCOC1. The summed E-state index contributed by atoms with van der Waals surface area (Å²) in [6.07, 6.45) is 0.823. The molecule has 0 radical (unpaired) electrons. The normalized spacial score (nSPS) is 26.6. The lowest BCUT2D eigenvalue weighted by Gasteiger charge is -2.31. The molecule has 1 aromatic rings. The second-order valence-corrected chi connectivity index (χ2v) is 5.39. The van der Waals surface area contributed by atoms with Gasteiger partial charge in [-0.1, -0.05) is 30.3 Å². The number of ether oxygens (including phenoxy) is 1. The van der Waals surface area contributed by atoms with E-state index in [2.05, 4.69) is 5.32 Å². The van der Waals surface area contributed by atoms with E-state index in [4.69, 9.17) is 10.5 Å². The van der Waals surface area contributed by atoms with E-state index in [-0.39, 0.29) is 11.4 Å². The number of carbonyl (C=O) groups excluding carboxylic acids is 1. The highest BCUT2D eigenvalue weighted by molar-refractivity contribution is 5.87. The third kappa shape index (κ3) is 2.54. The Morgan fingerprint density at radius 1 is 1.44 bits per heavy atom. The Labute approximate surface area is 108 Å².